The molecule has 342 valence electrons. The van der Waals surface area contributed by atoms with Crippen LogP contribution in [0.3, 0.4) is 0 Å². The molecule has 14 aromatic rings. The first-order valence-electron chi connectivity index (χ1n) is 22.7. The van der Waals surface area contributed by atoms with Gasteiger partial charge in [0.2, 0.25) is 0 Å². The zero-order chi connectivity index (χ0) is 47.4. The predicted molar refractivity (Wildman–Crippen MR) is 317 cm³/mol. The van der Waals surface area contributed by atoms with Crippen molar-refractivity contribution in [2.24, 2.45) is 0 Å². The molecule has 4 nitrogen and oxygen atoms in total. The highest BCUT2D eigenvalue weighted by molar-refractivity contribution is 7.29. The molecule has 0 saturated heterocycles. The highest BCUT2D eigenvalue weighted by atomic mass is 32.1. The van der Waals surface area contributed by atoms with Gasteiger partial charge in [-0.15, -0.1) is 90.7 Å². The molecule has 0 amide bonds. The van der Waals surface area contributed by atoms with Gasteiger partial charge in [0.1, 0.15) is 22.1 Å². The number of fused-ring (bicyclic) bond motifs is 6. The van der Waals surface area contributed by atoms with E-state index < -0.39 is 0 Å². The lowest BCUT2D eigenvalue weighted by molar-refractivity contribution is 1.52. The summed E-state index contributed by atoms with van der Waals surface area (Å²) in [7, 11) is 0. The number of rotatable bonds is 7. The summed E-state index contributed by atoms with van der Waals surface area (Å²) in [6.07, 6.45) is 0. The Hall–Kier alpha value is -4.84. The number of hydrogen-bond donors (Lipinski definition) is 0. The summed E-state index contributed by atoms with van der Waals surface area (Å²) >= 11 is 17.7. The van der Waals surface area contributed by atoms with Gasteiger partial charge >= 0.3 is 0 Å². The molecule has 0 saturated carbocycles. The maximum Gasteiger partial charge on any atom is 0.114 e. The van der Waals surface area contributed by atoms with E-state index in [0.29, 0.717) is 0 Å². The molecular formula is C56H38N4S10. The maximum absolute atomic E-state index is 4.97. The number of nitrogens with zero attached hydrogens (tertiary/aromatic N) is 4. The van der Waals surface area contributed by atoms with Gasteiger partial charge in [0, 0.05) is 99.6 Å². The molecule has 4 aromatic carbocycles. The first kappa shape index (κ1) is 43.9. The normalized spacial score (nSPS) is 12.3. The number of aryl methyl sites for hydroxylation is 8. The van der Waals surface area contributed by atoms with Gasteiger partial charge in [-0.05, 0) is 171 Å². The molecule has 0 radical (unpaired) electrons. The number of thiophene rings is 8. The fourth-order valence-corrected chi connectivity index (χ4v) is 20.7. The molecule has 0 fully saturated rings. The second-order valence-corrected chi connectivity index (χ2v) is 28.2. The van der Waals surface area contributed by atoms with Crippen molar-refractivity contribution < 1.29 is 0 Å². The SMILES string of the molecule is Cc1ccc(-c2ccc(-c3ccc(-c4cc5c(C)c6sc(-c7cc(C)c(-c8ccc(-c9sc(-c%10cc%11c(C)c%12sc(C)cc%12c(C)c%11s%10)cc9C)c9nsnc89)s7)cc6c(C)c5s4)s3)c3nsnc23)s1. The standard InChI is InChI=1S/C56H38N4S10/c1-23-17-42(45-21-37-28(6)53-35(19-26(4)62-53)27(5)54(37)67-45)64-51(23)33-12-13-34(50-49(33)59-70-60-50)52-24(2)18-43(65-52)46-22-38-30(8)55-36(29(7)56(38)68-46)20-44(66-55)41-16-15-40(63-41)32-11-10-31(39-14-9-25(3)61-39)47-48(32)58-69-57-47/h9-22H,1-8H3. The molecule has 0 N–H and O–H groups in total. The van der Waals surface area contributed by atoms with E-state index in [1.54, 1.807) is 0 Å². The Bertz CT molecular complexity index is 4370. The Morgan fingerprint density at radius 2 is 0.657 bits per heavy atom. The van der Waals surface area contributed by atoms with Crippen molar-refractivity contribution in [3.8, 4) is 71.0 Å². The highest BCUT2D eigenvalue weighted by Crippen LogP contribution is 2.52. The van der Waals surface area contributed by atoms with Crippen LogP contribution in [0.5, 0.6) is 0 Å². The van der Waals surface area contributed by atoms with Crippen LogP contribution in [0.1, 0.15) is 43.1 Å². The molecule has 0 aliphatic carbocycles. The van der Waals surface area contributed by atoms with Gasteiger partial charge in [0.05, 0.1) is 23.5 Å². The average molecular weight is 1090 g/mol. The Balaban J connectivity index is 0.772. The molecular weight excluding hydrogens is 1050 g/mol. The van der Waals surface area contributed by atoms with Gasteiger partial charge in [0.25, 0.3) is 0 Å². The van der Waals surface area contributed by atoms with Crippen molar-refractivity contribution in [3.63, 3.8) is 0 Å². The minimum Gasteiger partial charge on any atom is -0.172 e. The van der Waals surface area contributed by atoms with E-state index >= 15 is 0 Å². The van der Waals surface area contributed by atoms with Crippen LogP contribution in [0.4, 0.5) is 0 Å². The minimum atomic E-state index is 0.988. The Kier molecular flexibility index (Phi) is 10.2. The summed E-state index contributed by atoms with van der Waals surface area (Å²) < 4.78 is 25.1. The van der Waals surface area contributed by atoms with Crippen molar-refractivity contribution in [3.05, 3.63) is 128 Å². The monoisotopic (exact) mass is 1090 g/mol. The molecule has 10 aromatic heterocycles. The first-order valence-corrected chi connectivity index (χ1v) is 30.7. The molecule has 0 aliphatic rings. The van der Waals surface area contributed by atoms with Gasteiger partial charge in [-0.2, -0.15) is 17.5 Å². The van der Waals surface area contributed by atoms with Gasteiger partial charge < -0.3 is 0 Å². The molecule has 0 bridgehead atoms. The molecule has 70 heavy (non-hydrogen) atoms. The number of aromatic nitrogens is 4. The lowest BCUT2D eigenvalue weighted by Crippen LogP contribution is -1.84. The fraction of sp³-hybridized carbons (Fsp3) is 0.143. The van der Waals surface area contributed by atoms with E-state index in [1.165, 1.54) is 161 Å². The van der Waals surface area contributed by atoms with Crippen molar-refractivity contribution in [2.75, 3.05) is 0 Å². The molecule has 14 heteroatoms. The van der Waals surface area contributed by atoms with Crippen molar-refractivity contribution in [2.45, 2.75) is 55.4 Å². The summed E-state index contributed by atoms with van der Waals surface area (Å²) in [5.41, 5.74) is 16.7. The third-order valence-corrected chi connectivity index (χ3v) is 25.1. The second-order valence-electron chi connectivity index (χ2n) is 18.2. The average Bonchev–Trinajstić information content (AvgIpc) is 4.18. The first-order chi connectivity index (χ1) is 33.9. The lowest BCUT2D eigenvalue weighted by Gasteiger charge is -2.06. The van der Waals surface area contributed by atoms with Crippen molar-refractivity contribution in [1.29, 1.82) is 0 Å². The second kappa shape index (κ2) is 16.3. The molecule has 0 unspecified atom stereocenters. The summed E-state index contributed by atoms with van der Waals surface area (Å²) in [4.78, 5) is 15.5. The molecule has 0 aliphatic heterocycles. The lowest BCUT2D eigenvalue weighted by atomic mass is 10.0. The Labute approximate surface area is 444 Å². The number of benzene rings is 4. The quantitative estimate of drug-likeness (QED) is 0.160. The Morgan fingerprint density at radius 3 is 1.13 bits per heavy atom. The molecule has 0 atom stereocenters. The van der Waals surface area contributed by atoms with Crippen LogP contribution in [0.2, 0.25) is 0 Å². The van der Waals surface area contributed by atoms with E-state index in [0.717, 1.165) is 38.8 Å². The molecule has 0 spiro atoms. The van der Waals surface area contributed by atoms with Gasteiger partial charge in [-0.25, -0.2) is 0 Å². The van der Waals surface area contributed by atoms with E-state index in [-0.39, 0.29) is 0 Å². The number of hydrogen-bond acceptors (Lipinski definition) is 14. The largest absolute Gasteiger partial charge is 0.172 e. The van der Waals surface area contributed by atoms with Crippen LogP contribution in [0.25, 0.3) is 133 Å². The third-order valence-electron chi connectivity index (χ3n) is 13.8. The Morgan fingerprint density at radius 1 is 0.286 bits per heavy atom. The zero-order valence-corrected chi connectivity index (χ0v) is 47.1. The van der Waals surface area contributed by atoms with Crippen LogP contribution in [-0.2, 0) is 0 Å². The minimum absolute atomic E-state index is 0.988. The van der Waals surface area contributed by atoms with Gasteiger partial charge in [-0.1, -0.05) is 24.3 Å². The van der Waals surface area contributed by atoms with Crippen molar-refractivity contribution >= 4 is 177 Å². The van der Waals surface area contributed by atoms with Crippen LogP contribution in [0, 0.1) is 55.4 Å². The predicted octanol–water partition coefficient (Wildman–Crippen LogP) is 20.9. The summed E-state index contributed by atoms with van der Waals surface area (Å²) in [6, 6.07) is 32.4. The van der Waals surface area contributed by atoms with E-state index in [2.05, 4.69) is 140 Å². The summed E-state index contributed by atoms with van der Waals surface area (Å²) in [6.45, 7) is 18.1. The van der Waals surface area contributed by atoms with E-state index in [4.69, 9.17) is 17.5 Å². The van der Waals surface area contributed by atoms with Gasteiger partial charge in [0.15, 0.2) is 0 Å². The van der Waals surface area contributed by atoms with Crippen molar-refractivity contribution in [1.82, 2.24) is 17.5 Å². The third kappa shape index (κ3) is 6.68. The van der Waals surface area contributed by atoms with E-state index in [9.17, 15) is 0 Å². The molecule has 14 rings (SSSR count). The fourth-order valence-electron chi connectivity index (χ4n) is 10.2. The van der Waals surface area contributed by atoms with Crippen LogP contribution >= 0.6 is 114 Å². The van der Waals surface area contributed by atoms with Crippen LogP contribution in [0.15, 0.2) is 84.9 Å². The van der Waals surface area contributed by atoms with Gasteiger partial charge in [-0.3, -0.25) is 0 Å². The van der Waals surface area contributed by atoms with Crippen LogP contribution < -0.4 is 0 Å². The zero-order valence-electron chi connectivity index (χ0n) is 39.0. The highest BCUT2D eigenvalue weighted by Gasteiger charge is 2.24. The molecule has 10 heterocycles. The van der Waals surface area contributed by atoms with E-state index in [1.807, 2.05) is 90.7 Å². The van der Waals surface area contributed by atoms with Crippen LogP contribution in [-0.4, -0.2) is 17.5 Å². The summed E-state index contributed by atoms with van der Waals surface area (Å²) in [5.74, 6) is 0. The smallest absolute Gasteiger partial charge is 0.114 e. The maximum atomic E-state index is 4.97. The topological polar surface area (TPSA) is 51.6 Å². The summed E-state index contributed by atoms with van der Waals surface area (Å²) in [5, 5.41) is 5.50.